The first-order valence-corrected chi connectivity index (χ1v) is 7.01. The maximum absolute atomic E-state index is 12.1. The van der Waals surface area contributed by atoms with Crippen molar-refractivity contribution in [2.75, 3.05) is 20.3 Å². The van der Waals surface area contributed by atoms with Crippen LogP contribution in [-0.2, 0) is 25.7 Å². The lowest BCUT2D eigenvalue weighted by Gasteiger charge is -2.25. The Hall–Kier alpha value is -1.59. The Bertz CT molecular complexity index is 490. The molecule has 0 saturated carbocycles. The largest absolute Gasteiger partial charge is 0.468 e. The minimum Gasteiger partial charge on any atom is -0.468 e. The van der Waals surface area contributed by atoms with Crippen molar-refractivity contribution in [3.05, 3.63) is 34.9 Å². The summed E-state index contributed by atoms with van der Waals surface area (Å²) >= 11 is 6.00. The molecule has 5 nitrogen and oxygen atoms in total. The van der Waals surface area contributed by atoms with Crippen molar-refractivity contribution in [1.29, 1.82) is 0 Å². The summed E-state index contributed by atoms with van der Waals surface area (Å²) in [6.45, 7) is 3.71. The Labute approximate surface area is 129 Å². The fraction of sp³-hybridized carbons (Fsp3) is 0.467. The summed E-state index contributed by atoms with van der Waals surface area (Å²) in [5.74, 6) is -0.717. The summed E-state index contributed by atoms with van der Waals surface area (Å²) in [6, 6.07) is 7.17. The molecule has 6 heteroatoms. The van der Waals surface area contributed by atoms with Crippen molar-refractivity contribution in [3.63, 3.8) is 0 Å². The number of hydrogen-bond donors (Lipinski definition) is 0. The normalized spacial score (nSPS) is 10.5. The predicted octanol–water partition coefficient (Wildman–Crippen LogP) is 2.27. The molecule has 116 valence electrons. The predicted molar refractivity (Wildman–Crippen MR) is 80.0 cm³/mol. The molecule has 0 aliphatic rings. The zero-order chi connectivity index (χ0) is 15.8. The van der Waals surface area contributed by atoms with Gasteiger partial charge in [-0.3, -0.25) is 9.59 Å². The zero-order valence-electron chi connectivity index (χ0n) is 12.5. The van der Waals surface area contributed by atoms with Gasteiger partial charge in [-0.1, -0.05) is 29.8 Å². The number of methoxy groups -OCH3 is 1. The molecule has 0 saturated heterocycles. The van der Waals surface area contributed by atoms with Crippen molar-refractivity contribution in [2.45, 2.75) is 26.5 Å². The highest BCUT2D eigenvalue weighted by molar-refractivity contribution is 6.31. The van der Waals surface area contributed by atoms with Gasteiger partial charge in [0.25, 0.3) is 0 Å². The van der Waals surface area contributed by atoms with Crippen LogP contribution in [0.2, 0.25) is 5.02 Å². The molecular weight excluding hydrogens is 294 g/mol. The summed E-state index contributed by atoms with van der Waals surface area (Å²) in [7, 11) is 1.29. The topological polar surface area (TPSA) is 55.8 Å². The van der Waals surface area contributed by atoms with E-state index >= 15 is 0 Å². The third kappa shape index (κ3) is 5.73. The van der Waals surface area contributed by atoms with Crippen LogP contribution in [0.3, 0.4) is 0 Å². The summed E-state index contributed by atoms with van der Waals surface area (Å²) in [5, 5.41) is 0.597. The monoisotopic (exact) mass is 313 g/mol. The lowest BCUT2D eigenvalue weighted by molar-refractivity contribution is -0.150. The van der Waals surface area contributed by atoms with Crippen molar-refractivity contribution in [1.82, 2.24) is 4.90 Å². The van der Waals surface area contributed by atoms with Gasteiger partial charge >= 0.3 is 5.97 Å². The van der Waals surface area contributed by atoms with Gasteiger partial charge in [0.05, 0.1) is 13.7 Å². The van der Waals surface area contributed by atoms with E-state index in [9.17, 15) is 9.59 Å². The van der Waals surface area contributed by atoms with Crippen molar-refractivity contribution >= 4 is 23.5 Å². The highest BCUT2D eigenvalue weighted by Gasteiger charge is 2.20. The number of benzene rings is 1. The second kappa shape index (κ2) is 8.64. The minimum atomic E-state index is -0.455. The fourth-order valence-corrected chi connectivity index (χ4v) is 1.90. The van der Waals surface area contributed by atoms with Crippen molar-refractivity contribution in [3.8, 4) is 0 Å². The smallest absolute Gasteiger partial charge is 0.325 e. The van der Waals surface area contributed by atoms with E-state index in [4.69, 9.17) is 16.3 Å². The molecule has 0 spiro atoms. The van der Waals surface area contributed by atoms with Crippen molar-refractivity contribution < 1.29 is 19.1 Å². The molecule has 0 atom stereocenters. The van der Waals surface area contributed by atoms with E-state index in [1.807, 2.05) is 32.0 Å². The molecule has 0 aliphatic carbocycles. The third-order valence-electron chi connectivity index (χ3n) is 2.91. The summed E-state index contributed by atoms with van der Waals surface area (Å²) in [4.78, 5) is 24.8. The van der Waals surface area contributed by atoms with E-state index in [-0.39, 0.29) is 31.7 Å². The van der Waals surface area contributed by atoms with E-state index in [2.05, 4.69) is 4.74 Å². The Kier molecular flexibility index (Phi) is 7.19. The van der Waals surface area contributed by atoms with E-state index in [0.717, 1.165) is 5.56 Å². The van der Waals surface area contributed by atoms with Gasteiger partial charge < -0.3 is 14.4 Å². The Morgan fingerprint density at radius 1 is 1.29 bits per heavy atom. The zero-order valence-corrected chi connectivity index (χ0v) is 13.2. The molecule has 1 aromatic carbocycles. The number of hydrogen-bond acceptors (Lipinski definition) is 4. The van der Waals surface area contributed by atoms with Crippen LogP contribution in [0.25, 0.3) is 0 Å². The number of rotatable bonds is 7. The van der Waals surface area contributed by atoms with Crippen LogP contribution in [0.5, 0.6) is 0 Å². The molecule has 0 aliphatic heterocycles. The lowest BCUT2D eigenvalue weighted by Crippen LogP contribution is -2.42. The van der Waals surface area contributed by atoms with E-state index in [1.54, 1.807) is 6.07 Å². The van der Waals surface area contributed by atoms with Crippen LogP contribution in [0.4, 0.5) is 0 Å². The molecule has 1 rings (SSSR count). The molecule has 1 aromatic rings. The van der Waals surface area contributed by atoms with Crippen LogP contribution in [0, 0.1) is 0 Å². The van der Waals surface area contributed by atoms with Crippen LogP contribution < -0.4 is 0 Å². The first-order valence-electron chi connectivity index (χ1n) is 6.63. The number of halogens is 1. The average Bonchev–Trinajstić information content (AvgIpc) is 2.45. The third-order valence-corrected chi connectivity index (χ3v) is 3.28. The Morgan fingerprint density at radius 2 is 1.95 bits per heavy atom. The van der Waals surface area contributed by atoms with E-state index in [0.29, 0.717) is 5.02 Å². The van der Waals surface area contributed by atoms with Crippen LogP contribution in [0.15, 0.2) is 24.3 Å². The second-order valence-corrected chi connectivity index (χ2v) is 5.18. The molecule has 0 heterocycles. The van der Waals surface area contributed by atoms with E-state index in [1.165, 1.54) is 12.0 Å². The van der Waals surface area contributed by atoms with Gasteiger partial charge in [-0.25, -0.2) is 0 Å². The highest BCUT2D eigenvalue weighted by atomic mass is 35.5. The maximum atomic E-state index is 12.1. The molecule has 21 heavy (non-hydrogen) atoms. The summed E-state index contributed by atoms with van der Waals surface area (Å²) < 4.78 is 9.96. The first-order chi connectivity index (χ1) is 9.95. The van der Waals surface area contributed by atoms with Gasteiger partial charge in [0.1, 0.15) is 13.2 Å². The second-order valence-electron chi connectivity index (χ2n) is 4.78. The number of amides is 1. The molecule has 0 fully saturated rings. The highest BCUT2D eigenvalue weighted by Crippen LogP contribution is 2.15. The number of nitrogens with zero attached hydrogens (tertiary/aromatic N) is 1. The Morgan fingerprint density at radius 3 is 2.52 bits per heavy atom. The molecule has 1 amide bonds. The molecule has 0 bridgehead atoms. The summed E-state index contributed by atoms with van der Waals surface area (Å²) in [6.07, 6.45) is 0. The number of esters is 1. The number of carbonyl (C=O) groups is 2. The standard InChI is InChI=1S/C15H20ClNO4/c1-11(2)17(8-15(19)20-3)14(18)10-21-9-12-6-4-5-7-13(12)16/h4-7,11H,8-10H2,1-3H3. The quantitative estimate of drug-likeness (QED) is 0.725. The van der Waals surface area contributed by atoms with Gasteiger partial charge in [0.15, 0.2) is 0 Å². The van der Waals surface area contributed by atoms with Gasteiger partial charge in [-0.15, -0.1) is 0 Å². The molecule has 0 radical (unpaired) electrons. The molecule has 0 unspecified atom stereocenters. The van der Waals surface area contributed by atoms with Gasteiger partial charge in [0.2, 0.25) is 5.91 Å². The van der Waals surface area contributed by atoms with E-state index < -0.39 is 5.97 Å². The number of ether oxygens (including phenoxy) is 2. The molecule has 0 aromatic heterocycles. The lowest BCUT2D eigenvalue weighted by atomic mass is 10.2. The van der Waals surface area contributed by atoms with Gasteiger partial charge in [-0.2, -0.15) is 0 Å². The molecule has 0 N–H and O–H groups in total. The number of carbonyl (C=O) groups excluding carboxylic acids is 2. The summed E-state index contributed by atoms with van der Waals surface area (Å²) in [5.41, 5.74) is 0.816. The van der Waals surface area contributed by atoms with Crippen LogP contribution in [-0.4, -0.2) is 43.1 Å². The average molecular weight is 314 g/mol. The molecular formula is C15H20ClNO4. The van der Waals surface area contributed by atoms with Crippen LogP contribution >= 0.6 is 11.6 Å². The van der Waals surface area contributed by atoms with Crippen LogP contribution in [0.1, 0.15) is 19.4 Å². The fourth-order valence-electron chi connectivity index (χ4n) is 1.71. The van der Waals surface area contributed by atoms with Crippen molar-refractivity contribution in [2.24, 2.45) is 0 Å². The minimum absolute atomic E-state index is 0.0809. The Balaban J connectivity index is 2.50. The maximum Gasteiger partial charge on any atom is 0.325 e. The van der Waals surface area contributed by atoms with Gasteiger partial charge in [-0.05, 0) is 25.5 Å². The first kappa shape index (κ1) is 17.5. The van der Waals surface area contributed by atoms with Gasteiger partial charge in [0, 0.05) is 11.1 Å². The SMILES string of the molecule is COC(=O)CN(C(=O)COCc1ccccc1Cl)C(C)C.